The molecule has 0 aromatic heterocycles. The number of nitrogens with zero attached hydrogens (tertiary/aromatic N) is 1. The highest BCUT2D eigenvalue weighted by atomic mass is 16.5. The Hall–Kier alpha value is -2.66. The highest BCUT2D eigenvalue weighted by molar-refractivity contribution is 5.77. The summed E-state index contributed by atoms with van der Waals surface area (Å²) in [6.45, 7) is 2.54. The number of carbonyl (C=O) groups excluding carboxylic acids is 2. The van der Waals surface area contributed by atoms with Crippen molar-refractivity contribution in [2.24, 2.45) is 0 Å². The Kier molecular flexibility index (Phi) is 7.66. The largest absolute Gasteiger partial charge is 0.465 e. The number of esters is 1. The normalized spacial score (nSPS) is 10.5. The number of benzene rings is 2. The molecule has 25 heavy (non-hydrogen) atoms. The van der Waals surface area contributed by atoms with Crippen molar-refractivity contribution in [3.05, 3.63) is 71.8 Å². The van der Waals surface area contributed by atoms with Gasteiger partial charge in [-0.05, 0) is 24.5 Å². The van der Waals surface area contributed by atoms with Crippen molar-refractivity contribution < 1.29 is 14.3 Å². The van der Waals surface area contributed by atoms with E-state index in [0.717, 1.165) is 11.1 Å². The first-order valence-electron chi connectivity index (χ1n) is 8.45. The van der Waals surface area contributed by atoms with Crippen molar-refractivity contribution in [3.8, 4) is 0 Å². The van der Waals surface area contributed by atoms with E-state index in [4.69, 9.17) is 4.74 Å². The number of carbonyl (C=O) groups is 2. The van der Waals surface area contributed by atoms with Crippen molar-refractivity contribution in [1.29, 1.82) is 0 Å². The van der Waals surface area contributed by atoms with E-state index < -0.39 is 0 Å². The quantitative estimate of drug-likeness (QED) is 0.563. The second-order valence-electron chi connectivity index (χ2n) is 5.67. The second-order valence-corrected chi connectivity index (χ2v) is 5.67. The maximum Gasteiger partial charge on any atom is 0.322 e. The molecule has 0 aliphatic heterocycles. The number of ether oxygens (including phenoxy) is 1. The number of nitrogens with one attached hydrogen (secondary N) is 1. The lowest BCUT2D eigenvalue weighted by atomic mass is 10.1. The predicted octanol–water partition coefficient (Wildman–Crippen LogP) is 2.72. The first-order valence-corrected chi connectivity index (χ1v) is 8.45. The van der Waals surface area contributed by atoms with Crippen LogP contribution in [0.1, 0.15) is 24.5 Å². The van der Waals surface area contributed by atoms with Gasteiger partial charge in [-0.1, -0.05) is 60.7 Å². The zero-order chi connectivity index (χ0) is 17.9. The summed E-state index contributed by atoms with van der Waals surface area (Å²) in [6.07, 6.45) is 1.02. The van der Waals surface area contributed by atoms with Crippen LogP contribution >= 0.6 is 0 Å². The zero-order valence-electron chi connectivity index (χ0n) is 14.5. The van der Waals surface area contributed by atoms with Crippen LogP contribution in [0.5, 0.6) is 0 Å². The summed E-state index contributed by atoms with van der Waals surface area (Å²) < 4.78 is 4.99. The number of aryl methyl sites for hydroxylation is 1. The molecule has 1 N–H and O–H groups in total. The molecule has 132 valence electrons. The number of rotatable bonds is 9. The van der Waals surface area contributed by atoms with Gasteiger partial charge in [0.05, 0.1) is 6.61 Å². The van der Waals surface area contributed by atoms with E-state index in [2.05, 4.69) is 5.43 Å². The highest BCUT2D eigenvalue weighted by Gasteiger charge is 2.15. The van der Waals surface area contributed by atoms with E-state index in [-0.39, 0.29) is 18.4 Å². The van der Waals surface area contributed by atoms with Crippen LogP contribution in [-0.2, 0) is 27.3 Å². The lowest BCUT2D eigenvalue weighted by Crippen LogP contribution is -2.45. The molecular formula is C20H24N2O3. The molecule has 0 spiro atoms. The summed E-state index contributed by atoms with van der Waals surface area (Å²) >= 11 is 0. The monoisotopic (exact) mass is 340 g/mol. The van der Waals surface area contributed by atoms with Crippen LogP contribution < -0.4 is 5.43 Å². The molecule has 0 bridgehead atoms. The van der Waals surface area contributed by atoms with Gasteiger partial charge in [-0.25, -0.2) is 5.01 Å². The number of hydrazine groups is 1. The van der Waals surface area contributed by atoms with Crippen molar-refractivity contribution >= 4 is 11.9 Å². The van der Waals surface area contributed by atoms with Crippen LogP contribution in [-0.4, -0.2) is 30.0 Å². The fourth-order valence-corrected chi connectivity index (χ4v) is 2.44. The lowest BCUT2D eigenvalue weighted by molar-refractivity contribution is -0.146. The van der Waals surface area contributed by atoms with Gasteiger partial charge in [-0.3, -0.25) is 15.0 Å². The van der Waals surface area contributed by atoms with E-state index in [1.54, 1.807) is 11.9 Å². The van der Waals surface area contributed by atoms with Crippen molar-refractivity contribution in [2.75, 3.05) is 13.2 Å². The van der Waals surface area contributed by atoms with Gasteiger partial charge < -0.3 is 4.74 Å². The van der Waals surface area contributed by atoms with E-state index in [1.165, 1.54) is 0 Å². The smallest absolute Gasteiger partial charge is 0.322 e. The fraction of sp³-hybridized carbons (Fsp3) is 0.300. The third kappa shape index (κ3) is 7.18. The topological polar surface area (TPSA) is 58.6 Å². The van der Waals surface area contributed by atoms with E-state index in [0.29, 0.717) is 26.0 Å². The summed E-state index contributed by atoms with van der Waals surface area (Å²) in [7, 11) is 0. The molecule has 0 saturated carbocycles. The summed E-state index contributed by atoms with van der Waals surface area (Å²) in [5.74, 6) is -0.481. The average molecular weight is 340 g/mol. The standard InChI is InChI=1S/C20H24N2O3/c1-2-25-20(24)16-22(15-18-11-7-4-8-12-18)21-19(23)14-13-17-9-5-3-6-10-17/h3-12H,2,13-16H2,1H3,(H,21,23). The Morgan fingerprint density at radius 2 is 1.56 bits per heavy atom. The molecular weight excluding hydrogens is 316 g/mol. The predicted molar refractivity (Wildman–Crippen MR) is 96.4 cm³/mol. The van der Waals surface area contributed by atoms with Gasteiger partial charge in [-0.15, -0.1) is 0 Å². The third-order valence-corrected chi connectivity index (χ3v) is 3.61. The molecule has 1 amide bonds. The second kappa shape index (κ2) is 10.3. The summed E-state index contributed by atoms with van der Waals surface area (Å²) in [4.78, 5) is 24.0. The maximum atomic E-state index is 12.3. The van der Waals surface area contributed by atoms with E-state index >= 15 is 0 Å². The highest BCUT2D eigenvalue weighted by Crippen LogP contribution is 2.05. The van der Waals surface area contributed by atoms with Crippen molar-refractivity contribution in [2.45, 2.75) is 26.3 Å². The molecule has 5 heteroatoms. The average Bonchev–Trinajstić information content (AvgIpc) is 2.62. The number of hydrogen-bond acceptors (Lipinski definition) is 4. The Balaban J connectivity index is 1.91. The van der Waals surface area contributed by atoms with Crippen LogP contribution in [0.15, 0.2) is 60.7 Å². The van der Waals surface area contributed by atoms with Crippen molar-refractivity contribution in [3.63, 3.8) is 0 Å². The Morgan fingerprint density at radius 1 is 0.960 bits per heavy atom. The first-order chi connectivity index (χ1) is 12.2. The minimum Gasteiger partial charge on any atom is -0.465 e. The molecule has 2 aromatic rings. The van der Waals surface area contributed by atoms with E-state index in [9.17, 15) is 9.59 Å². The molecule has 0 saturated heterocycles. The summed E-state index contributed by atoms with van der Waals surface area (Å²) in [5, 5.41) is 1.60. The minimum atomic E-state index is -0.359. The molecule has 2 aromatic carbocycles. The Morgan fingerprint density at radius 3 is 2.16 bits per heavy atom. The molecule has 0 radical (unpaired) electrons. The van der Waals surface area contributed by atoms with Crippen molar-refractivity contribution in [1.82, 2.24) is 10.4 Å². The van der Waals surface area contributed by atoms with Crippen LogP contribution in [0, 0.1) is 0 Å². The number of hydrogen-bond donors (Lipinski definition) is 1. The SMILES string of the molecule is CCOC(=O)CN(Cc1ccccc1)NC(=O)CCc1ccccc1. The van der Waals surface area contributed by atoms with Gasteiger partial charge in [0.1, 0.15) is 6.54 Å². The number of amides is 1. The van der Waals surface area contributed by atoms with Crippen LogP contribution in [0.4, 0.5) is 0 Å². The summed E-state index contributed by atoms with van der Waals surface area (Å²) in [5.41, 5.74) is 4.94. The van der Waals surface area contributed by atoms with E-state index in [1.807, 2.05) is 60.7 Å². The molecule has 0 heterocycles. The Bertz CT molecular complexity index is 659. The summed E-state index contributed by atoms with van der Waals surface area (Å²) in [6, 6.07) is 19.5. The van der Waals surface area contributed by atoms with Gasteiger partial charge in [-0.2, -0.15) is 0 Å². The fourth-order valence-electron chi connectivity index (χ4n) is 2.44. The molecule has 0 fully saturated rings. The third-order valence-electron chi connectivity index (χ3n) is 3.61. The lowest BCUT2D eigenvalue weighted by Gasteiger charge is -2.22. The Labute approximate surface area is 148 Å². The molecule has 5 nitrogen and oxygen atoms in total. The van der Waals surface area contributed by atoms with Crippen LogP contribution in [0.25, 0.3) is 0 Å². The van der Waals surface area contributed by atoms with Gasteiger partial charge in [0, 0.05) is 13.0 Å². The molecule has 0 unspecified atom stereocenters. The van der Waals surface area contributed by atoms with Gasteiger partial charge in [0.15, 0.2) is 0 Å². The molecule has 2 rings (SSSR count). The van der Waals surface area contributed by atoms with Gasteiger partial charge >= 0.3 is 5.97 Å². The minimum absolute atomic E-state index is 0.0137. The van der Waals surface area contributed by atoms with Crippen LogP contribution in [0.2, 0.25) is 0 Å². The molecule has 0 aliphatic carbocycles. The van der Waals surface area contributed by atoms with Gasteiger partial charge in [0.25, 0.3) is 0 Å². The zero-order valence-corrected chi connectivity index (χ0v) is 14.5. The first kappa shape index (κ1) is 18.7. The maximum absolute atomic E-state index is 12.3. The van der Waals surface area contributed by atoms with Crippen LogP contribution in [0.3, 0.4) is 0 Å². The van der Waals surface area contributed by atoms with Gasteiger partial charge in [0.2, 0.25) is 5.91 Å². The molecule has 0 aliphatic rings. The molecule has 0 atom stereocenters.